The van der Waals surface area contributed by atoms with Gasteiger partial charge in [-0.2, -0.15) is 3.97 Å². The van der Waals surface area contributed by atoms with E-state index in [9.17, 15) is 22.4 Å². The number of rotatable bonds is 6. The van der Waals surface area contributed by atoms with Gasteiger partial charge in [0.15, 0.2) is 0 Å². The molecule has 0 atom stereocenters. The second kappa shape index (κ2) is 9.37. The maximum Gasteiger partial charge on any atom is 0.350 e. The molecule has 0 saturated heterocycles. The van der Waals surface area contributed by atoms with E-state index in [0.717, 1.165) is 39.4 Å². The smallest absolute Gasteiger partial charge is 0.350 e. The molecule has 0 aliphatic carbocycles. The summed E-state index contributed by atoms with van der Waals surface area (Å²) in [4.78, 5) is 32.0. The van der Waals surface area contributed by atoms with Crippen molar-refractivity contribution in [2.24, 2.45) is 0 Å². The van der Waals surface area contributed by atoms with Gasteiger partial charge in [0.25, 0.3) is 5.56 Å². The van der Waals surface area contributed by atoms with Crippen molar-refractivity contribution in [1.29, 1.82) is 0 Å². The van der Waals surface area contributed by atoms with Gasteiger partial charge in [0, 0.05) is 11.1 Å². The number of benzene rings is 2. The standard InChI is InChI=1S/C26H23FN4O5S2/c1-5-38(34,35)31-25-22(24(32)30(26(31)33)19-9-7-18(27)8-10-19)16(3)23(37-25)17-6-11-20(21(12-17)36-4)29-13-15(2)28-14-29/h6-14H,5H2,1-4H3. The summed E-state index contributed by atoms with van der Waals surface area (Å²) < 4.78 is 48.7. The summed E-state index contributed by atoms with van der Waals surface area (Å²) in [6.45, 7) is 5.00. The average Bonchev–Trinajstić information content (AvgIpc) is 3.47. The number of aryl methyl sites for hydroxylation is 2. The van der Waals surface area contributed by atoms with Gasteiger partial charge in [0.1, 0.15) is 16.4 Å². The van der Waals surface area contributed by atoms with Crippen molar-refractivity contribution in [3.63, 3.8) is 0 Å². The van der Waals surface area contributed by atoms with Crippen molar-refractivity contribution in [3.05, 3.63) is 92.9 Å². The molecule has 0 bridgehead atoms. The van der Waals surface area contributed by atoms with E-state index < -0.39 is 27.1 Å². The van der Waals surface area contributed by atoms with Crippen molar-refractivity contribution in [2.75, 3.05) is 12.9 Å². The summed E-state index contributed by atoms with van der Waals surface area (Å²) in [6, 6.07) is 10.2. The zero-order valence-electron chi connectivity index (χ0n) is 20.9. The fourth-order valence-electron chi connectivity index (χ4n) is 4.32. The normalized spacial score (nSPS) is 11.8. The van der Waals surface area contributed by atoms with Crippen LogP contribution >= 0.6 is 11.3 Å². The quantitative estimate of drug-likeness (QED) is 0.314. The lowest BCUT2D eigenvalue weighted by molar-refractivity contribution is 0.413. The molecule has 0 fully saturated rings. The van der Waals surface area contributed by atoms with Crippen molar-refractivity contribution in [3.8, 4) is 27.6 Å². The van der Waals surface area contributed by atoms with Gasteiger partial charge in [-0.15, -0.1) is 11.3 Å². The molecule has 0 N–H and O–H groups in total. The third-order valence-corrected chi connectivity index (χ3v) is 9.32. The van der Waals surface area contributed by atoms with Crippen LogP contribution in [0.3, 0.4) is 0 Å². The topological polar surface area (TPSA) is 105 Å². The van der Waals surface area contributed by atoms with E-state index in [0.29, 0.717) is 25.7 Å². The highest BCUT2D eigenvalue weighted by atomic mass is 32.2. The van der Waals surface area contributed by atoms with E-state index >= 15 is 0 Å². The van der Waals surface area contributed by atoms with Gasteiger partial charge in [0.05, 0.1) is 41.6 Å². The van der Waals surface area contributed by atoms with Gasteiger partial charge in [0.2, 0.25) is 10.0 Å². The SMILES string of the molecule is CCS(=O)(=O)n1c(=O)n(-c2ccc(F)cc2)c(=O)c2c(C)c(-c3ccc(-n4cnc(C)c4)c(OC)c3)sc21. The fraction of sp³-hybridized carbons (Fsp3) is 0.192. The first kappa shape index (κ1) is 25.6. The van der Waals surface area contributed by atoms with Crippen molar-refractivity contribution < 1.29 is 17.5 Å². The summed E-state index contributed by atoms with van der Waals surface area (Å²) in [5.74, 6) is -0.372. The monoisotopic (exact) mass is 554 g/mol. The van der Waals surface area contributed by atoms with E-state index in [1.165, 1.54) is 26.2 Å². The molecule has 0 radical (unpaired) electrons. The minimum absolute atomic E-state index is 0.0287. The summed E-state index contributed by atoms with van der Waals surface area (Å²) in [7, 11) is -2.57. The maximum atomic E-state index is 13.7. The van der Waals surface area contributed by atoms with Gasteiger partial charge in [-0.1, -0.05) is 6.07 Å². The molecular formula is C26H23FN4O5S2. The lowest BCUT2D eigenvalue weighted by Gasteiger charge is -2.11. The molecule has 5 rings (SSSR count). The van der Waals surface area contributed by atoms with Gasteiger partial charge >= 0.3 is 5.69 Å². The van der Waals surface area contributed by atoms with Crippen LogP contribution in [0, 0.1) is 19.7 Å². The highest BCUT2D eigenvalue weighted by Crippen LogP contribution is 2.39. The van der Waals surface area contributed by atoms with E-state index in [2.05, 4.69) is 4.98 Å². The molecule has 0 unspecified atom stereocenters. The van der Waals surface area contributed by atoms with Crippen molar-refractivity contribution in [2.45, 2.75) is 20.8 Å². The Kier molecular flexibility index (Phi) is 6.32. The molecule has 9 nitrogen and oxygen atoms in total. The summed E-state index contributed by atoms with van der Waals surface area (Å²) >= 11 is 1.04. The molecule has 5 aromatic rings. The molecule has 3 heterocycles. The Morgan fingerprint density at radius 1 is 1.08 bits per heavy atom. The number of methoxy groups -OCH3 is 1. The summed E-state index contributed by atoms with van der Waals surface area (Å²) in [6.07, 6.45) is 3.53. The van der Waals surface area contributed by atoms with Crippen LogP contribution in [0.25, 0.3) is 32.0 Å². The Balaban J connectivity index is 1.82. The minimum atomic E-state index is -4.10. The van der Waals surface area contributed by atoms with E-state index in [-0.39, 0.29) is 21.7 Å². The predicted molar refractivity (Wildman–Crippen MR) is 145 cm³/mol. The first-order chi connectivity index (χ1) is 18.1. The molecule has 0 saturated carbocycles. The lowest BCUT2D eigenvalue weighted by Crippen LogP contribution is -2.41. The zero-order chi connectivity index (χ0) is 27.4. The molecule has 0 aliphatic rings. The molecule has 0 amide bonds. The first-order valence-electron chi connectivity index (χ1n) is 11.6. The number of ether oxygens (including phenoxy) is 1. The Bertz CT molecular complexity index is 1930. The van der Waals surface area contributed by atoms with Crippen molar-refractivity contribution >= 4 is 31.6 Å². The van der Waals surface area contributed by atoms with Crippen LogP contribution in [0.5, 0.6) is 5.75 Å². The fourth-order valence-corrected chi connectivity index (χ4v) is 6.89. The Morgan fingerprint density at radius 3 is 2.39 bits per heavy atom. The molecule has 12 heteroatoms. The summed E-state index contributed by atoms with van der Waals surface area (Å²) in [5.41, 5.74) is 1.13. The van der Waals surface area contributed by atoms with Crippen LogP contribution in [-0.2, 0) is 10.0 Å². The van der Waals surface area contributed by atoms with Crippen LogP contribution in [-0.4, -0.2) is 39.4 Å². The average molecular weight is 555 g/mol. The second-order valence-electron chi connectivity index (χ2n) is 8.61. The van der Waals surface area contributed by atoms with E-state index in [1.807, 2.05) is 29.8 Å². The Labute approximate surface area is 221 Å². The maximum absolute atomic E-state index is 13.7. The molecular weight excluding hydrogens is 531 g/mol. The summed E-state index contributed by atoms with van der Waals surface area (Å²) in [5, 5.41) is 0.0965. The van der Waals surface area contributed by atoms with Gasteiger partial charge in [-0.05, 0) is 68.3 Å². The van der Waals surface area contributed by atoms with Crippen LogP contribution in [0.4, 0.5) is 4.39 Å². The van der Waals surface area contributed by atoms with E-state index in [1.54, 1.807) is 19.3 Å². The van der Waals surface area contributed by atoms with E-state index in [4.69, 9.17) is 4.74 Å². The largest absolute Gasteiger partial charge is 0.495 e. The number of nitrogens with zero attached hydrogens (tertiary/aromatic N) is 4. The highest BCUT2D eigenvalue weighted by Gasteiger charge is 2.27. The zero-order valence-corrected chi connectivity index (χ0v) is 22.6. The highest BCUT2D eigenvalue weighted by molar-refractivity contribution is 7.90. The number of halogens is 1. The minimum Gasteiger partial charge on any atom is -0.495 e. The van der Waals surface area contributed by atoms with Crippen molar-refractivity contribution in [1.82, 2.24) is 18.1 Å². The predicted octanol–water partition coefficient (Wildman–Crippen LogP) is 4.03. The Morgan fingerprint density at radius 2 is 1.79 bits per heavy atom. The molecule has 3 aromatic heterocycles. The lowest BCUT2D eigenvalue weighted by atomic mass is 10.1. The molecule has 38 heavy (non-hydrogen) atoms. The molecule has 0 aliphatic heterocycles. The molecule has 2 aromatic carbocycles. The van der Waals surface area contributed by atoms with Gasteiger partial charge < -0.3 is 9.30 Å². The van der Waals surface area contributed by atoms with Crippen LogP contribution in [0.15, 0.2) is 64.6 Å². The Hall–Kier alpha value is -4.03. The van der Waals surface area contributed by atoms with Gasteiger partial charge in [-0.25, -0.2) is 27.2 Å². The number of hydrogen-bond acceptors (Lipinski definition) is 7. The van der Waals surface area contributed by atoms with Crippen LogP contribution in [0.1, 0.15) is 18.2 Å². The number of aromatic nitrogens is 4. The number of hydrogen-bond donors (Lipinski definition) is 0. The number of imidazole rings is 1. The van der Waals surface area contributed by atoms with Crippen LogP contribution < -0.4 is 16.0 Å². The third kappa shape index (κ3) is 4.05. The molecule has 0 spiro atoms. The third-order valence-electron chi connectivity index (χ3n) is 6.25. The van der Waals surface area contributed by atoms with Gasteiger partial charge in [-0.3, -0.25) is 4.79 Å². The number of thiophene rings is 1. The second-order valence-corrected chi connectivity index (χ2v) is 11.7. The number of fused-ring (bicyclic) bond motifs is 1. The first-order valence-corrected chi connectivity index (χ1v) is 14.0. The van der Waals surface area contributed by atoms with Crippen LogP contribution in [0.2, 0.25) is 0 Å². The molecule has 196 valence electrons.